The Bertz CT molecular complexity index is 335. The lowest BCUT2D eigenvalue weighted by Crippen LogP contribution is -2.57. The van der Waals surface area contributed by atoms with Crippen LogP contribution in [-0.2, 0) is 9.53 Å². The van der Waals surface area contributed by atoms with Gasteiger partial charge < -0.3 is 9.22 Å². The lowest BCUT2D eigenvalue weighted by molar-refractivity contribution is -0.927. The van der Waals surface area contributed by atoms with Crippen LogP contribution in [-0.4, -0.2) is 42.7 Å². The van der Waals surface area contributed by atoms with Crippen molar-refractivity contribution in [3.8, 4) is 0 Å². The first kappa shape index (κ1) is 12.5. The Labute approximate surface area is 110 Å². The fraction of sp³-hybridized carbons (Fsp3) is 0.933. The normalized spacial score (nSPS) is 41.9. The van der Waals surface area contributed by atoms with E-state index in [0.717, 1.165) is 6.04 Å². The Balaban J connectivity index is 1.78. The zero-order valence-corrected chi connectivity index (χ0v) is 11.7. The van der Waals surface area contributed by atoms with E-state index in [1.807, 2.05) is 0 Å². The van der Waals surface area contributed by atoms with Crippen molar-refractivity contribution >= 4 is 5.97 Å². The molecule has 0 unspecified atom stereocenters. The molecule has 0 aromatic heterocycles. The lowest BCUT2D eigenvalue weighted by Gasteiger charge is -2.45. The second-order valence-electron chi connectivity index (χ2n) is 6.85. The smallest absolute Gasteiger partial charge is 0.302 e. The molecule has 2 bridgehead atoms. The minimum absolute atomic E-state index is 0.0818. The lowest BCUT2D eigenvalue weighted by atomic mass is 9.80. The summed E-state index contributed by atoms with van der Waals surface area (Å²) in [5.74, 6) is 1.21. The molecule has 0 aromatic carbocycles. The van der Waals surface area contributed by atoms with Crippen LogP contribution >= 0.6 is 0 Å². The Morgan fingerprint density at radius 3 is 2.44 bits per heavy atom. The molecule has 1 heterocycles. The molecule has 3 heteroatoms. The number of carbonyl (C=O) groups is 1. The molecule has 1 aliphatic heterocycles. The maximum Gasteiger partial charge on any atom is 0.302 e. The third-order valence-corrected chi connectivity index (χ3v) is 5.78. The van der Waals surface area contributed by atoms with Crippen LogP contribution in [0.5, 0.6) is 0 Å². The molecule has 0 spiro atoms. The molecule has 0 amide bonds. The minimum Gasteiger partial charge on any atom is -0.462 e. The van der Waals surface area contributed by atoms with Crippen molar-refractivity contribution in [2.45, 2.75) is 57.6 Å². The van der Waals surface area contributed by atoms with Crippen molar-refractivity contribution < 1.29 is 14.0 Å². The topological polar surface area (TPSA) is 26.3 Å². The summed E-state index contributed by atoms with van der Waals surface area (Å²) in [6.07, 6.45) is 8.16. The predicted molar refractivity (Wildman–Crippen MR) is 69.9 cm³/mol. The first-order valence-electron chi connectivity index (χ1n) is 7.61. The average Bonchev–Trinajstić information content (AvgIpc) is 2.83. The minimum atomic E-state index is -0.0818. The van der Waals surface area contributed by atoms with Crippen LogP contribution in [0.15, 0.2) is 0 Å². The Kier molecular flexibility index (Phi) is 3.13. The second kappa shape index (κ2) is 4.52. The fourth-order valence-corrected chi connectivity index (χ4v) is 4.94. The summed E-state index contributed by atoms with van der Waals surface area (Å²) >= 11 is 0. The standard InChI is InChI=1S/C15H26NO2/c1-11(17)18-15-12-5-7-13(15)14(8-6-12)16(2)9-3-4-10-16/h12-15H,3-10H2,1-2H3/q+1/t12-,13-,14-,15-/m0/s1. The van der Waals surface area contributed by atoms with Gasteiger partial charge >= 0.3 is 5.97 Å². The van der Waals surface area contributed by atoms with Gasteiger partial charge in [-0.3, -0.25) is 4.79 Å². The first-order valence-corrected chi connectivity index (χ1v) is 7.61. The highest BCUT2D eigenvalue weighted by Gasteiger charge is 2.53. The number of carbonyl (C=O) groups excluding carboxylic acids is 1. The van der Waals surface area contributed by atoms with Crippen molar-refractivity contribution in [3.05, 3.63) is 0 Å². The second-order valence-corrected chi connectivity index (χ2v) is 6.85. The molecule has 0 N–H and O–H groups in total. The summed E-state index contributed by atoms with van der Waals surface area (Å²) in [4.78, 5) is 11.3. The highest BCUT2D eigenvalue weighted by Crippen LogP contribution is 2.48. The van der Waals surface area contributed by atoms with Gasteiger partial charge in [0.15, 0.2) is 0 Å². The maximum atomic E-state index is 11.3. The zero-order valence-electron chi connectivity index (χ0n) is 11.7. The maximum absolute atomic E-state index is 11.3. The largest absolute Gasteiger partial charge is 0.462 e. The van der Waals surface area contributed by atoms with Gasteiger partial charge in [-0.2, -0.15) is 0 Å². The molecular formula is C15H26NO2+. The van der Waals surface area contributed by atoms with Gasteiger partial charge in [-0.05, 0) is 25.2 Å². The number of rotatable bonds is 2. The highest BCUT2D eigenvalue weighted by atomic mass is 16.5. The van der Waals surface area contributed by atoms with E-state index in [2.05, 4.69) is 7.05 Å². The third-order valence-electron chi connectivity index (χ3n) is 5.78. The summed E-state index contributed by atoms with van der Waals surface area (Å²) < 4.78 is 6.91. The van der Waals surface area contributed by atoms with Crippen molar-refractivity contribution in [2.75, 3.05) is 20.1 Å². The number of hydrogen-bond acceptors (Lipinski definition) is 2. The molecule has 2 aliphatic carbocycles. The molecule has 3 nitrogen and oxygen atoms in total. The van der Waals surface area contributed by atoms with Gasteiger partial charge in [-0.15, -0.1) is 0 Å². The van der Waals surface area contributed by atoms with Gasteiger partial charge in [0.05, 0.1) is 26.2 Å². The molecule has 1 saturated heterocycles. The molecule has 18 heavy (non-hydrogen) atoms. The van der Waals surface area contributed by atoms with E-state index >= 15 is 0 Å². The van der Waals surface area contributed by atoms with Crippen LogP contribution in [0.1, 0.15) is 45.4 Å². The number of nitrogens with zero attached hydrogens (tertiary/aromatic N) is 1. The van der Waals surface area contributed by atoms with E-state index in [4.69, 9.17) is 4.74 Å². The van der Waals surface area contributed by atoms with Crippen molar-refractivity contribution in [2.24, 2.45) is 11.8 Å². The zero-order chi connectivity index (χ0) is 12.8. The SMILES string of the molecule is CC(=O)O[C@H]1[C@H]2CC[C@H]1[C@@H]([N+]1(C)CCCC1)CC2. The fourth-order valence-electron chi connectivity index (χ4n) is 4.94. The molecule has 3 fully saturated rings. The van der Waals surface area contributed by atoms with E-state index in [0.29, 0.717) is 11.8 Å². The summed E-state index contributed by atoms with van der Waals surface area (Å²) in [6, 6.07) is 0.746. The van der Waals surface area contributed by atoms with Crippen molar-refractivity contribution in [3.63, 3.8) is 0 Å². The number of likely N-dealkylation sites (tertiary alicyclic amines) is 1. The molecule has 3 aliphatic rings. The summed E-state index contributed by atoms with van der Waals surface area (Å²) in [6.45, 7) is 4.23. The molecule has 2 saturated carbocycles. The van der Waals surface area contributed by atoms with Crippen LogP contribution in [0.2, 0.25) is 0 Å². The Morgan fingerprint density at radius 2 is 1.78 bits per heavy atom. The summed E-state index contributed by atoms with van der Waals surface area (Å²) in [5, 5.41) is 0. The molecule has 4 atom stereocenters. The average molecular weight is 252 g/mol. The number of ether oxygens (including phenoxy) is 1. The Morgan fingerprint density at radius 1 is 1.11 bits per heavy atom. The summed E-state index contributed by atoms with van der Waals surface area (Å²) in [7, 11) is 2.43. The molecular weight excluding hydrogens is 226 g/mol. The third kappa shape index (κ3) is 1.97. The van der Waals surface area contributed by atoms with Gasteiger partial charge in [0.25, 0.3) is 0 Å². The van der Waals surface area contributed by atoms with E-state index in [1.165, 1.54) is 56.1 Å². The first-order chi connectivity index (χ1) is 8.60. The molecule has 102 valence electrons. The molecule has 0 aromatic rings. The van der Waals surface area contributed by atoms with Crippen LogP contribution in [0, 0.1) is 11.8 Å². The molecule has 3 rings (SSSR count). The van der Waals surface area contributed by atoms with Crippen molar-refractivity contribution in [1.82, 2.24) is 0 Å². The van der Waals surface area contributed by atoms with E-state index in [9.17, 15) is 4.79 Å². The van der Waals surface area contributed by atoms with Crippen LogP contribution in [0.3, 0.4) is 0 Å². The number of fused-ring (bicyclic) bond motifs is 2. The summed E-state index contributed by atoms with van der Waals surface area (Å²) in [5.41, 5.74) is 0. The quantitative estimate of drug-likeness (QED) is 0.557. The van der Waals surface area contributed by atoms with Gasteiger partial charge in [0.2, 0.25) is 0 Å². The molecule has 0 radical (unpaired) electrons. The van der Waals surface area contributed by atoms with Crippen LogP contribution in [0.25, 0.3) is 0 Å². The number of hydrogen-bond donors (Lipinski definition) is 0. The number of esters is 1. The van der Waals surface area contributed by atoms with Crippen molar-refractivity contribution in [1.29, 1.82) is 0 Å². The highest BCUT2D eigenvalue weighted by molar-refractivity contribution is 5.66. The van der Waals surface area contributed by atoms with Gasteiger partial charge in [0.1, 0.15) is 6.10 Å². The monoisotopic (exact) mass is 252 g/mol. The van der Waals surface area contributed by atoms with E-state index in [1.54, 1.807) is 6.92 Å². The van der Waals surface area contributed by atoms with Crippen LogP contribution < -0.4 is 0 Å². The van der Waals surface area contributed by atoms with E-state index in [-0.39, 0.29) is 12.1 Å². The van der Waals surface area contributed by atoms with Crippen LogP contribution in [0.4, 0.5) is 0 Å². The Hall–Kier alpha value is -0.570. The number of quaternary nitrogens is 1. The van der Waals surface area contributed by atoms with E-state index < -0.39 is 0 Å². The predicted octanol–water partition coefficient (Wildman–Crippen LogP) is 2.35. The van der Waals surface area contributed by atoms with Gasteiger partial charge in [0, 0.05) is 32.1 Å². The van der Waals surface area contributed by atoms with Gasteiger partial charge in [-0.25, -0.2) is 0 Å². The van der Waals surface area contributed by atoms with Gasteiger partial charge in [-0.1, -0.05) is 0 Å².